The fraction of sp³-hybridized carbons (Fsp3) is 1.00. The van der Waals surface area contributed by atoms with Gasteiger partial charge >= 0.3 is 0 Å². The van der Waals surface area contributed by atoms with Gasteiger partial charge in [-0.25, -0.2) is 8.42 Å². The van der Waals surface area contributed by atoms with E-state index in [2.05, 4.69) is 0 Å². The molecule has 0 aromatic carbocycles. The standard InChI is InChI=1S/C9H17NO2S/c1-2-13(11,12)10-7-8-5-3-4-6-9(8)10/h8-9H,2-7H2,1H3/t8-,9-/m1/s1. The van der Waals surface area contributed by atoms with Crippen LogP contribution in [0.15, 0.2) is 0 Å². The fourth-order valence-corrected chi connectivity index (χ4v) is 3.93. The lowest BCUT2D eigenvalue weighted by atomic mass is 9.79. The summed E-state index contributed by atoms with van der Waals surface area (Å²) in [6, 6.07) is 0.360. The molecule has 4 heteroatoms. The van der Waals surface area contributed by atoms with Crippen LogP contribution in [0.2, 0.25) is 0 Å². The van der Waals surface area contributed by atoms with Crippen molar-refractivity contribution in [3.05, 3.63) is 0 Å². The topological polar surface area (TPSA) is 37.4 Å². The lowest BCUT2D eigenvalue weighted by Crippen LogP contribution is -2.59. The first-order chi connectivity index (χ1) is 6.15. The first-order valence-electron chi connectivity index (χ1n) is 5.14. The zero-order valence-electron chi connectivity index (χ0n) is 8.07. The van der Waals surface area contributed by atoms with E-state index >= 15 is 0 Å². The lowest BCUT2D eigenvalue weighted by molar-refractivity contribution is 0.0603. The van der Waals surface area contributed by atoms with Crippen molar-refractivity contribution < 1.29 is 8.42 Å². The monoisotopic (exact) mass is 203 g/mol. The minimum absolute atomic E-state index is 0.260. The molecule has 1 saturated heterocycles. The molecule has 0 radical (unpaired) electrons. The Morgan fingerprint density at radius 2 is 2.00 bits per heavy atom. The quantitative estimate of drug-likeness (QED) is 0.676. The Morgan fingerprint density at radius 1 is 1.31 bits per heavy atom. The van der Waals surface area contributed by atoms with Crippen molar-refractivity contribution in [2.75, 3.05) is 12.3 Å². The Morgan fingerprint density at radius 3 is 2.62 bits per heavy atom. The molecular weight excluding hydrogens is 186 g/mol. The van der Waals surface area contributed by atoms with Crippen molar-refractivity contribution in [3.8, 4) is 0 Å². The van der Waals surface area contributed by atoms with Gasteiger partial charge in [-0.05, 0) is 25.7 Å². The molecule has 1 aliphatic carbocycles. The first kappa shape index (κ1) is 9.46. The van der Waals surface area contributed by atoms with Crippen molar-refractivity contribution in [2.24, 2.45) is 5.92 Å². The number of nitrogens with zero attached hydrogens (tertiary/aromatic N) is 1. The van der Waals surface area contributed by atoms with Crippen molar-refractivity contribution >= 4 is 10.0 Å². The van der Waals surface area contributed by atoms with Crippen LogP contribution in [0.5, 0.6) is 0 Å². The van der Waals surface area contributed by atoms with Crippen molar-refractivity contribution in [2.45, 2.75) is 38.6 Å². The normalized spacial score (nSPS) is 35.2. The van der Waals surface area contributed by atoms with Crippen molar-refractivity contribution in [3.63, 3.8) is 0 Å². The predicted octanol–water partition coefficient (Wildman–Crippen LogP) is 1.21. The van der Waals surface area contributed by atoms with Gasteiger partial charge < -0.3 is 0 Å². The number of rotatable bonds is 2. The summed E-state index contributed by atoms with van der Waals surface area (Å²) >= 11 is 0. The Kier molecular flexibility index (Phi) is 2.36. The van der Waals surface area contributed by atoms with E-state index in [1.54, 1.807) is 11.2 Å². The molecule has 2 fully saturated rings. The highest BCUT2D eigenvalue weighted by Crippen LogP contribution is 2.38. The second-order valence-corrected chi connectivity index (χ2v) is 6.29. The Bertz CT molecular complexity index is 286. The molecule has 1 heterocycles. The number of fused-ring (bicyclic) bond motifs is 1. The molecule has 1 saturated carbocycles. The lowest BCUT2D eigenvalue weighted by Gasteiger charge is -2.49. The number of sulfonamides is 1. The van der Waals surface area contributed by atoms with E-state index in [-0.39, 0.29) is 5.75 Å². The van der Waals surface area contributed by atoms with E-state index in [0.717, 1.165) is 13.0 Å². The summed E-state index contributed by atoms with van der Waals surface area (Å²) in [6.45, 7) is 2.52. The fourth-order valence-electron chi connectivity index (χ4n) is 2.49. The first-order valence-corrected chi connectivity index (χ1v) is 6.75. The molecular formula is C9H17NO2S. The summed E-state index contributed by atoms with van der Waals surface area (Å²) in [6.07, 6.45) is 4.82. The van der Waals surface area contributed by atoms with Crippen LogP contribution in [0.25, 0.3) is 0 Å². The molecule has 0 N–H and O–H groups in total. The third-order valence-corrected chi connectivity index (χ3v) is 5.24. The molecule has 0 aromatic rings. The molecule has 0 unspecified atom stereocenters. The van der Waals surface area contributed by atoms with Gasteiger partial charge in [0.1, 0.15) is 0 Å². The van der Waals surface area contributed by atoms with Crippen LogP contribution in [0.1, 0.15) is 32.6 Å². The van der Waals surface area contributed by atoms with Gasteiger partial charge in [-0.15, -0.1) is 0 Å². The van der Waals surface area contributed by atoms with Gasteiger partial charge in [-0.1, -0.05) is 12.8 Å². The van der Waals surface area contributed by atoms with Crippen LogP contribution >= 0.6 is 0 Å². The molecule has 3 nitrogen and oxygen atoms in total. The SMILES string of the molecule is CCS(=O)(=O)N1C[C@H]2CCCC[C@H]21. The molecule has 0 aromatic heterocycles. The van der Waals surface area contributed by atoms with Gasteiger partial charge in [-0.3, -0.25) is 0 Å². The van der Waals surface area contributed by atoms with Gasteiger partial charge in [0, 0.05) is 12.6 Å². The summed E-state index contributed by atoms with van der Waals surface area (Å²) in [5.41, 5.74) is 0. The third-order valence-electron chi connectivity index (χ3n) is 3.38. The third kappa shape index (κ3) is 1.50. The predicted molar refractivity (Wildman–Crippen MR) is 51.9 cm³/mol. The van der Waals surface area contributed by atoms with Crippen LogP contribution in [0.4, 0.5) is 0 Å². The Labute approximate surface area is 80.2 Å². The number of hydrogen-bond donors (Lipinski definition) is 0. The van der Waals surface area contributed by atoms with E-state index in [0.29, 0.717) is 12.0 Å². The molecule has 2 aliphatic rings. The van der Waals surface area contributed by atoms with E-state index in [1.165, 1.54) is 19.3 Å². The average molecular weight is 203 g/mol. The highest BCUT2D eigenvalue weighted by atomic mass is 32.2. The summed E-state index contributed by atoms with van der Waals surface area (Å²) in [5.74, 6) is 0.936. The zero-order chi connectivity index (χ0) is 9.47. The highest BCUT2D eigenvalue weighted by Gasteiger charge is 2.45. The molecule has 2 rings (SSSR count). The smallest absolute Gasteiger partial charge is 0.212 e. The van der Waals surface area contributed by atoms with Gasteiger partial charge in [0.05, 0.1) is 5.75 Å². The second-order valence-electron chi connectivity index (χ2n) is 4.08. The maximum Gasteiger partial charge on any atom is 0.214 e. The molecule has 13 heavy (non-hydrogen) atoms. The van der Waals surface area contributed by atoms with Gasteiger partial charge in [-0.2, -0.15) is 4.31 Å². The summed E-state index contributed by atoms with van der Waals surface area (Å²) in [7, 11) is -2.90. The van der Waals surface area contributed by atoms with Crippen LogP contribution in [0.3, 0.4) is 0 Å². The van der Waals surface area contributed by atoms with Crippen LogP contribution in [-0.4, -0.2) is 31.1 Å². The summed E-state index contributed by atoms with van der Waals surface area (Å²) in [5, 5.41) is 0. The Hall–Kier alpha value is -0.0900. The average Bonchev–Trinajstić information content (AvgIpc) is 2.07. The van der Waals surface area contributed by atoms with Crippen molar-refractivity contribution in [1.29, 1.82) is 0 Å². The molecule has 1 aliphatic heterocycles. The minimum Gasteiger partial charge on any atom is -0.212 e. The van der Waals surface area contributed by atoms with E-state index in [4.69, 9.17) is 0 Å². The molecule has 2 atom stereocenters. The molecule has 76 valence electrons. The summed E-state index contributed by atoms with van der Waals surface area (Å²) < 4.78 is 24.8. The number of hydrogen-bond acceptors (Lipinski definition) is 2. The van der Waals surface area contributed by atoms with Gasteiger partial charge in [0.25, 0.3) is 0 Å². The minimum atomic E-state index is -2.90. The van der Waals surface area contributed by atoms with Crippen LogP contribution in [-0.2, 0) is 10.0 Å². The molecule has 0 amide bonds. The van der Waals surface area contributed by atoms with E-state index in [1.807, 2.05) is 0 Å². The van der Waals surface area contributed by atoms with Crippen LogP contribution in [0, 0.1) is 5.92 Å². The van der Waals surface area contributed by atoms with Gasteiger partial charge in [0.2, 0.25) is 10.0 Å². The maximum absolute atomic E-state index is 11.6. The van der Waals surface area contributed by atoms with Gasteiger partial charge in [0.15, 0.2) is 0 Å². The molecule has 0 spiro atoms. The van der Waals surface area contributed by atoms with E-state index in [9.17, 15) is 8.42 Å². The summed E-state index contributed by atoms with van der Waals surface area (Å²) in [4.78, 5) is 0. The maximum atomic E-state index is 11.6. The van der Waals surface area contributed by atoms with Crippen LogP contribution < -0.4 is 0 Å². The molecule has 0 bridgehead atoms. The largest absolute Gasteiger partial charge is 0.214 e. The highest BCUT2D eigenvalue weighted by molar-refractivity contribution is 7.89. The van der Waals surface area contributed by atoms with Crippen molar-refractivity contribution in [1.82, 2.24) is 4.31 Å². The Balaban J connectivity index is 2.05. The zero-order valence-corrected chi connectivity index (χ0v) is 8.89. The van der Waals surface area contributed by atoms with E-state index < -0.39 is 10.0 Å². The second kappa shape index (κ2) is 3.24.